The Morgan fingerprint density at radius 2 is 1.62 bits per heavy atom. The highest BCUT2D eigenvalue weighted by Crippen LogP contribution is 2.38. The van der Waals surface area contributed by atoms with E-state index in [9.17, 15) is 5.11 Å². The number of aliphatic hydroxyl groups excluding tert-OH is 1. The predicted octanol–water partition coefficient (Wildman–Crippen LogP) is 2.57. The molecule has 0 spiro atoms. The zero-order chi connectivity index (χ0) is 19.1. The van der Waals surface area contributed by atoms with Crippen LogP contribution in [0, 0.1) is 11.8 Å². The van der Waals surface area contributed by atoms with E-state index >= 15 is 0 Å². The van der Waals surface area contributed by atoms with E-state index in [1.165, 1.54) is 6.42 Å². The maximum Gasteiger partial charge on any atom is 0.203 e. The van der Waals surface area contributed by atoms with Crippen LogP contribution in [0.4, 0.5) is 0 Å². The number of methoxy groups -OCH3 is 3. The van der Waals surface area contributed by atoms with E-state index in [0.29, 0.717) is 48.8 Å². The summed E-state index contributed by atoms with van der Waals surface area (Å²) in [5, 5.41) is 10.3. The van der Waals surface area contributed by atoms with Crippen LogP contribution in [0.25, 0.3) is 0 Å². The maximum absolute atomic E-state index is 10.3. The molecule has 148 valence electrons. The average Bonchev–Trinajstić information content (AvgIpc) is 2.59. The number of piperidine rings is 1. The Morgan fingerprint density at radius 3 is 2.12 bits per heavy atom. The Labute approximate surface area is 157 Å². The van der Waals surface area contributed by atoms with Crippen molar-refractivity contribution in [3.05, 3.63) is 17.7 Å². The van der Waals surface area contributed by atoms with E-state index in [-0.39, 0.29) is 0 Å². The van der Waals surface area contributed by atoms with Crippen molar-refractivity contribution in [3.63, 3.8) is 0 Å². The summed E-state index contributed by atoms with van der Waals surface area (Å²) >= 11 is 0. The van der Waals surface area contributed by atoms with Gasteiger partial charge in [-0.3, -0.25) is 0 Å². The molecular weight excluding hydrogens is 334 g/mol. The zero-order valence-electron chi connectivity index (χ0n) is 16.7. The molecule has 0 aromatic heterocycles. The molecule has 1 aliphatic heterocycles. The van der Waals surface area contributed by atoms with Gasteiger partial charge in [-0.05, 0) is 36.0 Å². The number of benzene rings is 1. The van der Waals surface area contributed by atoms with Gasteiger partial charge in [-0.15, -0.1) is 0 Å². The van der Waals surface area contributed by atoms with Crippen LogP contribution in [0.1, 0.15) is 25.8 Å². The fourth-order valence-corrected chi connectivity index (χ4v) is 3.82. The molecular formula is C20H33NO5. The van der Waals surface area contributed by atoms with Gasteiger partial charge in [0.25, 0.3) is 0 Å². The lowest BCUT2D eigenvalue weighted by Crippen LogP contribution is -2.43. The van der Waals surface area contributed by atoms with E-state index in [1.807, 2.05) is 12.1 Å². The van der Waals surface area contributed by atoms with Crippen LogP contribution in [0.3, 0.4) is 0 Å². The van der Waals surface area contributed by atoms with Crippen LogP contribution in [0.2, 0.25) is 0 Å². The summed E-state index contributed by atoms with van der Waals surface area (Å²) in [6.07, 6.45) is 0.777. The van der Waals surface area contributed by atoms with E-state index in [4.69, 9.17) is 18.9 Å². The molecule has 1 N–H and O–H groups in total. The molecule has 0 amide bonds. The SMILES string of the molecule is COc1cc(COC[C@@H](O)CN2C[C@H](C)C[C@@H](C)C2)cc(OC)c1OC. The number of β-amino-alcohol motifs (C(OH)–C–C–N with tert-alkyl or cyclic N) is 1. The smallest absolute Gasteiger partial charge is 0.203 e. The third-order valence-electron chi connectivity index (χ3n) is 4.72. The van der Waals surface area contributed by atoms with Gasteiger partial charge >= 0.3 is 0 Å². The molecule has 0 aliphatic carbocycles. The number of nitrogens with zero attached hydrogens (tertiary/aromatic N) is 1. The largest absolute Gasteiger partial charge is 0.493 e. The minimum Gasteiger partial charge on any atom is -0.493 e. The Kier molecular flexibility index (Phi) is 8.00. The van der Waals surface area contributed by atoms with Crippen molar-refractivity contribution < 1.29 is 24.1 Å². The number of ether oxygens (including phenoxy) is 4. The molecule has 1 saturated heterocycles. The summed E-state index contributed by atoms with van der Waals surface area (Å²) in [6, 6.07) is 3.73. The lowest BCUT2D eigenvalue weighted by Gasteiger charge is -2.35. The molecule has 1 aromatic rings. The maximum atomic E-state index is 10.3. The van der Waals surface area contributed by atoms with Crippen molar-refractivity contribution in [2.45, 2.75) is 33.0 Å². The van der Waals surface area contributed by atoms with Crippen molar-refractivity contribution in [1.82, 2.24) is 4.90 Å². The standard InChI is InChI=1S/C20H33NO5/c1-14-6-15(2)10-21(9-14)11-17(22)13-26-12-16-7-18(23-3)20(25-5)19(8-16)24-4/h7-8,14-15,17,22H,6,9-13H2,1-5H3/t14-,15-,17+/m1/s1. The first-order valence-corrected chi connectivity index (χ1v) is 9.23. The molecule has 0 bridgehead atoms. The monoisotopic (exact) mass is 367 g/mol. The minimum atomic E-state index is -0.491. The molecule has 3 atom stereocenters. The van der Waals surface area contributed by atoms with Gasteiger partial charge in [-0.25, -0.2) is 0 Å². The van der Waals surface area contributed by atoms with Gasteiger partial charge in [0.15, 0.2) is 11.5 Å². The van der Waals surface area contributed by atoms with Gasteiger partial charge in [0.2, 0.25) is 5.75 Å². The summed E-state index contributed by atoms with van der Waals surface area (Å²) in [5.74, 6) is 3.13. The molecule has 1 heterocycles. The lowest BCUT2D eigenvalue weighted by atomic mass is 9.92. The van der Waals surface area contributed by atoms with Crippen LogP contribution in [-0.2, 0) is 11.3 Å². The summed E-state index contributed by atoms with van der Waals surface area (Å²) in [5.41, 5.74) is 0.909. The van der Waals surface area contributed by atoms with Crippen molar-refractivity contribution in [3.8, 4) is 17.2 Å². The van der Waals surface area contributed by atoms with Crippen LogP contribution in [-0.4, -0.2) is 63.7 Å². The van der Waals surface area contributed by atoms with E-state index in [2.05, 4.69) is 18.7 Å². The van der Waals surface area contributed by atoms with Gasteiger partial charge in [0.05, 0.1) is 40.6 Å². The number of rotatable bonds is 9. The second-order valence-corrected chi connectivity index (χ2v) is 7.37. The normalized spacial score (nSPS) is 22.1. The first-order valence-electron chi connectivity index (χ1n) is 9.23. The molecule has 1 aliphatic rings. The van der Waals surface area contributed by atoms with Crippen LogP contribution in [0.5, 0.6) is 17.2 Å². The Balaban J connectivity index is 1.85. The fourth-order valence-electron chi connectivity index (χ4n) is 3.82. The zero-order valence-corrected chi connectivity index (χ0v) is 16.7. The Hall–Kier alpha value is -1.50. The highest BCUT2D eigenvalue weighted by Gasteiger charge is 2.23. The molecule has 2 rings (SSSR count). The number of hydrogen-bond donors (Lipinski definition) is 1. The second-order valence-electron chi connectivity index (χ2n) is 7.37. The summed E-state index contributed by atoms with van der Waals surface area (Å²) in [6.45, 7) is 7.98. The molecule has 6 heteroatoms. The van der Waals surface area contributed by atoms with Gasteiger partial charge in [0, 0.05) is 19.6 Å². The van der Waals surface area contributed by atoms with Crippen LogP contribution >= 0.6 is 0 Å². The molecule has 6 nitrogen and oxygen atoms in total. The number of aliphatic hydroxyl groups is 1. The third kappa shape index (κ3) is 5.76. The first kappa shape index (κ1) is 20.8. The quantitative estimate of drug-likeness (QED) is 0.724. The topological polar surface area (TPSA) is 60.4 Å². The third-order valence-corrected chi connectivity index (χ3v) is 4.72. The summed E-state index contributed by atoms with van der Waals surface area (Å²) < 4.78 is 21.7. The fraction of sp³-hybridized carbons (Fsp3) is 0.700. The van der Waals surface area contributed by atoms with E-state index in [1.54, 1.807) is 21.3 Å². The molecule has 0 radical (unpaired) electrons. The molecule has 1 fully saturated rings. The van der Waals surface area contributed by atoms with Gasteiger partial charge in [-0.2, -0.15) is 0 Å². The van der Waals surface area contributed by atoms with Crippen LogP contribution in [0.15, 0.2) is 12.1 Å². The molecule has 26 heavy (non-hydrogen) atoms. The highest BCUT2D eigenvalue weighted by molar-refractivity contribution is 5.53. The van der Waals surface area contributed by atoms with Crippen molar-refractivity contribution in [1.29, 1.82) is 0 Å². The molecule has 1 aromatic carbocycles. The van der Waals surface area contributed by atoms with Crippen molar-refractivity contribution in [2.75, 3.05) is 47.6 Å². The first-order chi connectivity index (χ1) is 12.5. The van der Waals surface area contributed by atoms with Gasteiger partial charge in [-0.1, -0.05) is 13.8 Å². The van der Waals surface area contributed by atoms with Crippen LogP contribution < -0.4 is 14.2 Å². The summed E-state index contributed by atoms with van der Waals surface area (Å²) in [7, 11) is 4.76. The predicted molar refractivity (Wildman–Crippen MR) is 101 cm³/mol. The molecule has 0 unspecified atom stereocenters. The van der Waals surface area contributed by atoms with Crippen molar-refractivity contribution in [2.24, 2.45) is 11.8 Å². The Morgan fingerprint density at radius 1 is 1.04 bits per heavy atom. The van der Waals surface area contributed by atoms with E-state index in [0.717, 1.165) is 18.7 Å². The van der Waals surface area contributed by atoms with E-state index < -0.39 is 6.10 Å². The lowest BCUT2D eigenvalue weighted by molar-refractivity contribution is -0.000961. The number of hydrogen-bond acceptors (Lipinski definition) is 6. The summed E-state index contributed by atoms with van der Waals surface area (Å²) in [4.78, 5) is 2.34. The highest BCUT2D eigenvalue weighted by atomic mass is 16.5. The second kappa shape index (κ2) is 10.00. The average molecular weight is 367 g/mol. The minimum absolute atomic E-state index is 0.302. The Bertz CT molecular complexity index is 530. The number of likely N-dealkylation sites (tertiary alicyclic amines) is 1. The van der Waals surface area contributed by atoms with Crippen molar-refractivity contribution >= 4 is 0 Å². The van der Waals surface area contributed by atoms with Gasteiger partial charge < -0.3 is 29.0 Å². The van der Waals surface area contributed by atoms with Gasteiger partial charge in [0.1, 0.15) is 0 Å². The molecule has 0 saturated carbocycles.